The molecule has 1 heterocycles. The Hall–Kier alpha value is -3.55. The Balaban J connectivity index is 1.79. The number of rotatable bonds is 5. The van der Waals surface area contributed by atoms with Crippen molar-refractivity contribution >= 4 is 11.6 Å². The van der Waals surface area contributed by atoms with Crippen LogP contribution in [0.4, 0.5) is 5.69 Å². The molecule has 0 unspecified atom stereocenters. The van der Waals surface area contributed by atoms with Gasteiger partial charge in [0.05, 0.1) is 4.92 Å². The largest absolute Gasteiger partial charge is 0.348 e. The van der Waals surface area contributed by atoms with Crippen molar-refractivity contribution in [2.24, 2.45) is 0 Å². The Kier molecular flexibility index (Phi) is 4.51. The Morgan fingerprint density at radius 1 is 1.24 bits per heavy atom. The zero-order chi connectivity index (χ0) is 17.8. The maximum atomic E-state index is 12.3. The van der Waals surface area contributed by atoms with E-state index in [9.17, 15) is 14.9 Å². The molecule has 0 radical (unpaired) electrons. The number of nitro groups is 1. The molecule has 25 heavy (non-hydrogen) atoms. The van der Waals surface area contributed by atoms with Crippen LogP contribution in [0.2, 0.25) is 0 Å². The third-order valence-electron chi connectivity index (χ3n) is 3.67. The lowest BCUT2D eigenvalue weighted by Crippen LogP contribution is -2.23. The van der Waals surface area contributed by atoms with Crippen LogP contribution < -0.4 is 5.32 Å². The topological polar surface area (TPSA) is 103 Å². The first-order chi connectivity index (χ1) is 12.0. The maximum Gasteiger partial charge on any atom is 0.295 e. The van der Waals surface area contributed by atoms with E-state index in [-0.39, 0.29) is 22.8 Å². The fourth-order valence-corrected chi connectivity index (χ4v) is 2.33. The number of carbonyl (C=O) groups is 1. The first-order valence-electron chi connectivity index (χ1n) is 7.52. The second-order valence-corrected chi connectivity index (χ2v) is 5.47. The molecule has 8 nitrogen and oxygen atoms in total. The number of hydrogen-bond acceptors (Lipinski definition) is 5. The van der Waals surface area contributed by atoms with Crippen molar-refractivity contribution in [3.63, 3.8) is 0 Å². The second kappa shape index (κ2) is 6.91. The molecule has 3 rings (SSSR count). The Morgan fingerprint density at radius 2 is 2.00 bits per heavy atom. The summed E-state index contributed by atoms with van der Waals surface area (Å²) in [4.78, 5) is 26.8. The van der Waals surface area contributed by atoms with E-state index >= 15 is 0 Å². The molecule has 0 spiro atoms. The highest BCUT2D eigenvalue weighted by Gasteiger charge is 2.19. The average molecular weight is 337 g/mol. The van der Waals surface area contributed by atoms with Gasteiger partial charge in [-0.15, -0.1) is 0 Å². The number of amides is 1. The molecule has 0 saturated carbocycles. The molecule has 126 valence electrons. The quantitative estimate of drug-likeness (QED) is 0.569. The summed E-state index contributed by atoms with van der Waals surface area (Å²) in [5.41, 5.74) is 2.33. The van der Waals surface area contributed by atoms with E-state index in [0.29, 0.717) is 6.54 Å². The molecule has 1 aromatic heterocycles. The predicted molar refractivity (Wildman–Crippen MR) is 90.4 cm³/mol. The molecule has 2 aromatic carbocycles. The predicted octanol–water partition coefficient (Wildman–Crippen LogP) is 2.41. The van der Waals surface area contributed by atoms with Crippen molar-refractivity contribution in [2.45, 2.75) is 13.5 Å². The van der Waals surface area contributed by atoms with Gasteiger partial charge in [-0.2, -0.15) is 5.10 Å². The van der Waals surface area contributed by atoms with Gasteiger partial charge in [-0.25, -0.2) is 9.67 Å². The first kappa shape index (κ1) is 16.3. The third-order valence-corrected chi connectivity index (χ3v) is 3.67. The summed E-state index contributed by atoms with van der Waals surface area (Å²) in [6, 6.07) is 12.0. The monoisotopic (exact) mass is 337 g/mol. The molecule has 8 heteroatoms. The van der Waals surface area contributed by atoms with Crippen molar-refractivity contribution in [2.75, 3.05) is 0 Å². The van der Waals surface area contributed by atoms with Gasteiger partial charge in [0.1, 0.15) is 18.3 Å². The number of nitro benzene ring substituents is 1. The van der Waals surface area contributed by atoms with Crippen LogP contribution in [0.15, 0.2) is 55.1 Å². The molecule has 3 aromatic rings. The van der Waals surface area contributed by atoms with E-state index in [0.717, 1.165) is 11.1 Å². The highest BCUT2D eigenvalue weighted by Crippen LogP contribution is 2.23. The normalized spacial score (nSPS) is 10.4. The van der Waals surface area contributed by atoms with Crippen LogP contribution in [0.1, 0.15) is 21.5 Å². The summed E-state index contributed by atoms with van der Waals surface area (Å²) in [5.74, 6) is -0.381. The molecule has 0 fully saturated rings. The van der Waals surface area contributed by atoms with E-state index in [1.54, 1.807) is 0 Å². The van der Waals surface area contributed by atoms with Crippen LogP contribution >= 0.6 is 0 Å². The third kappa shape index (κ3) is 3.69. The number of aryl methyl sites for hydroxylation is 1. The molecule has 0 atom stereocenters. The van der Waals surface area contributed by atoms with Crippen LogP contribution in [-0.2, 0) is 6.54 Å². The number of hydrogen-bond donors (Lipinski definition) is 1. The molecular weight excluding hydrogens is 322 g/mol. The average Bonchev–Trinajstić information content (AvgIpc) is 3.15. The summed E-state index contributed by atoms with van der Waals surface area (Å²) in [5, 5.41) is 18.0. The Labute approximate surface area is 143 Å². The molecule has 0 aliphatic rings. The summed E-state index contributed by atoms with van der Waals surface area (Å²) in [6.45, 7) is 2.33. The molecule has 0 aliphatic heterocycles. The fourth-order valence-electron chi connectivity index (χ4n) is 2.33. The van der Waals surface area contributed by atoms with Crippen molar-refractivity contribution in [1.29, 1.82) is 0 Å². The van der Waals surface area contributed by atoms with Crippen LogP contribution in [0, 0.1) is 17.0 Å². The van der Waals surface area contributed by atoms with Gasteiger partial charge in [-0.1, -0.05) is 29.8 Å². The van der Waals surface area contributed by atoms with E-state index < -0.39 is 4.92 Å². The summed E-state index contributed by atoms with van der Waals surface area (Å²) in [6.07, 6.45) is 2.64. The molecule has 0 saturated heterocycles. The van der Waals surface area contributed by atoms with Crippen LogP contribution in [0.3, 0.4) is 0 Å². The zero-order valence-electron chi connectivity index (χ0n) is 13.4. The van der Waals surface area contributed by atoms with Crippen LogP contribution in [0.5, 0.6) is 0 Å². The lowest BCUT2D eigenvalue weighted by Gasteiger charge is -2.08. The van der Waals surface area contributed by atoms with Crippen molar-refractivity contribution in [1.82, 2.24) is 20.1 Å². The minimum absolute atomic E-state index is 0.211. The zero-order valence-corrected chi connectivity index (χ0v) is 13.4. The fraction of sp³-hybridized carbons (Fsp3) is 0.118. The number of aromatic nitrogens is 3. The van der Waals surface area contributed by atoms with Gasteiger partial charge < -0.3 is 5.32 Å². The highest BCUT2D eigenvalue weighted by molar-refractivity contribution is 5.95. The van der Waals surface area contributed by atoms with Gasteiger partial charge in [0.25, 0.3) is 11.6 Å². The summed E-state index contributed by atoms with van der Waals surface area (Å²) >= 11 is 0. The standard InChI is InChI=1S/C17H15N5O3/c1-12-2-4-13(5-3-12)9-19-17(23)14-6-7-15(16(8-14)22(24)25)21-11-18-10-20-21/h2-8,10-11H,9H2,1H3,(H,19,23). The highest BCUT2D eigenvalue weighted by atomic mass is 16.6. The molecule has 0 aliphatic carbocycles. The van der Waals surface area contributed by atoms with Crippen LogP contribution in [0.25, 0.3) is 5.69 Å². The Morgan fingerprint density at radius 3 is 2.64 bits per heavy atom. The van der Waals surface area contributed by atoms with Gasteiger partial charge in [-0.3, -0.25) is 14.9 Å². The summed E-state index contributed by atoms with van der Waals surface area (Å²) < 4.78 is 1.28. The molecular formula is C17H15N5O3. The van der Waals surface area contributed by atoms with Gasteiger partial charge in [0.15, 0.2) is 0 Å². The van der Waals surface area contributed by atoms with Gasteiger partial charge in [-0.05, 0) is 24.6 Å². The molecule has 0 bridgehead atoms. The smallest absolute Gasteiger partial charge is 0.295 e. The maximum absolute atomic E-state index is 12.3. The number of carbonyl (C=O) groups excluding carboxylic acids is 1. The number of nitrogens with one attached hydrogen (secondary N) is 1. The van der Waals surface area contributed by atoms with Crippen molar-refractivity contribution < 1.29 is 9.72 Å². The lowest BCUT2D eigenvalue weighted by molar-refractivity contribution is -0.384. The van der Waals surface area contributed by atoms with E-state index in [1.807, 2.05) is 31.2 Å². The Bertz CT molecular complexity index is 905. The molecule has 1 N–H and O–H groups in total. The van der Waals surface area contributed by atoms with Crippen molar-refractivity contribution in [3.05, 3.63) is 81.9 Å². The minimum Gasteiger partial charge on any atom is -0.348 e. The van der Waals surface area contributed by atoms with E-state index in [1.165, 1.54) is 35.5 Å². The van der Waals surface area contributed by atoms with E-state index in [2.05, 4.69) is 15.4 Å². The van der Waals surface area contributed by atoms with Crippen LogP contribution in [-0.4, -0.2) is 25.6 Å². The number of benzene rings is 2. The minimum atomic E-state index is -0.548. The number of nitrogens with zero attached hydrogens (tertiary/aromatic N) is 4. The second-order valence-electron chi connectivity index (χ2n) is 5.47. The lowest BCUT2D eigenvalue weighted by atomic mass is 10.1. The van der Waals surface area contributed by atoms with Gasteiger partial charge in [0, 0.05) is 18.2 Å². The first-order valence-corrected chi connectivity index (χ1v) is 7.52. The summed E-state index contributed by atoms with van der Waals surface area (Å²) in [7, 11) is 0. The molecule has 1 amide bonds. The van der Waals surface area contributed by atoms with Crippen molar-refractivity contribution in [3.8, 4) is 5.69 Å². The SMILES string of the molecule is Cc1ccc(CNC(=O)c2ccc(-n3cncn3)c([N+](=O)[O-])c2)cc1. The van der Waals surface area contributed by atoms with Gasteiger partial charge >= 0.3 is 0 Å². The van der Waals surface area contributed by atoms with E-state index in [4.69, 9.17) is 0 Å². The van der Waals surface area contributed by atoms with Gasteiger partial charge in [0.2, 0.25) is 0 Å².